The van der Waals surface area contributed by atoms with Crippen LogP contribution >= 0.6 is 0 Å². The average molecular weight is 207 g/mol. The molecule has 14 heavy (non-hydrogen) atoms. The van der Waals surface area contributed by atoms with Gasteiger partial charge in [-0.2, -0.15) is 0 Å². The highest BCUT2D eigenvalue weighted by Gasteiger charge is 2.21. The molecule has 0 aromatic heterocycles. The summed E-state index contributed by atoms with van der Waals surface area (Å²) in [5, 5.41) is 34.3. The quantitative estimate of drug-likeness (QED) is 0.374. The first kappa shape index (κ1) is 12.8. The first-order valence-electron chi connectivity index (χ1n) is 3.90. The van der Waals surface area contributed by atoms with E-state index in [0.29, 0.717) is 0 Å². The molecule has 0 saturated heterocycles. The molecule has 0 fully saturated rings. The minimum Gasteiger partial charge on any atom is -0.480 e. The van der Waals surface area contributed by atoms with Gasteiger partial charge in [-0.3, -0.25) is 14.5 Å². The van der Waals surface area contributed by atoms with Gasteiger partial charge in [0.1, 0.15) is 0 Å². The van der Waals surface area contributed by atoms with Crippen LogP contribution in [0.3, 0.4) is 0 Å². The van der Waals surface area contributed by atoms with Crippen molar-refractivity contribution in [3.8, 4) is 0 Å². The van der Waals surface area contributed by atoms with Crippen LogP contribution in [0.5, 0.6) is 0 Å². The molecular weight excluding hydrogens is 194 g/mol. The Morgan fingerprint density at radius 3 is 1.57 bits per heavy atom. The molecule has 0 rings (SSSR count). The molecule has 0 radical (unpaired) electrons. The molecule has 0 aromatic carbocycles. The van der Waals surface area contributed by atoms with Gasteiger partial charge in [-0.05, 0) is 0 Å². The van der Waals surface area contributed by atoms with Crippen LogP contribution in [0, 0.1) is 0 Å². The fourth-order valence-corrected chi connectivity index (χ4v) is 0.950. The molecule has 0 atom stereocenters. The zero-order valence-electron chi connectivity index (χ0n) is 7.46. The lowest BCUT2D eigenvalue weighted by molar-refractivity contribution is -0.143. The number of aliphatic hydroxyl groups excluding tert-OH is 2. The highest BCUT2D eigenvalue weighted by atomic mass is 16.4. The van der Waals surface area contributed by atoms with E-state index in [1.165, 1.54) is 0 Å². The first-order valence-corrected chi connectivity index (χ1v) is 3.90. The topological polar surface area (TPSA) is 118 Å². The number of carboxylic acid groups (broad SMARTS) is 2. The molecule has 0 bridgehead atoms. The van der Waals surface area contributed by atoms with Crippen LogP contribution in [0.2, 0.25) is 0 Å². The van der Waals surface area contributed by atoms with E-state index in [9.17, 15) is 9.59 Å². The van der Waals surface area contributed by atoms with Gasteiger partial charge >= 0.3 is 11.9 Å². The second-order valence-electron chi connectivity index (χ2n) is 2.71. The number of rotatable bonds is 7. The molecule has 0 aliphatic rings. The van der Waals surface area contributed by atoms with E-state index >= 15 is 0 Å². The summed E-state index contributed by atoms with van der Waals surface area (Å²) >= 11 is 0. The second-order valence-corrected chi connectivity index (χ2v) is 2.71. The smallest absolute Gasteiger partial charge is 0.317 e. The van der Waals surface area contributed by atoms with Crippen molar-refractivity contribution in [1.82, 2.24) is 4.90 Å². The highest BCUT2D eigenvalue weighted by Crippen LogP contribution is 1.98. The molecule has 4 N–H and O–H groups in total. The van der Waals surface area contributed by atoms with Gasteiger partial charge in [-0.1, -0.05) is 0 Å². The lowest BCUT2D eigenvalue weighted by Gasteiger charge is -2.25. The molecule has 0 heterocycles. The normalized spacial score (nSPS) is 10.9. The largest absolute Gasteiger partial charge is 0.480 e. The van der Waals surface area contributed by atoms with Crippen molar-refractivity contribution in [2.45, 2.75) is 6.04 Å². The van der Waals surface area contributed by atoms with Crippen molar-refractivity contribution < 1.29 is 30.0 Å². The van der Waals surface area contributed by atoms with Gasteiger partial charge in [0.05, 0.1) is 32.3 Å². The van der Waals surface area contributed by atoms with E-state index in [4.69, 9.17) is 20.4 Å². The molecule has 7 heteroatoms. The number of hydrogen-bond donors (Lipinski definition) is 4. The van der Waals surface area contributed by atoms with Crippen molar-refractivity contribution in [2.24, 2.45) is 0 Å². The number of hydrogen-bond acceptors (Lipinski definition) is 5. The van der Waals surface area contributed by atoms with Gasteiger partial charge in [0, 0.05) is 0 Å². The molecule has 0 saturated carbocycles. The van der Waals surface area contributed by atoms with Gasteiger partial charge < -0.3 is 20.4 Å². The zero-order chi connectivity index (χ0) is 11.1. The standard InChI is InChI=1S/C7H13NO6/c9-3-5(4-10)8(1-6(11)12)2-7(13)14/h5,9-10H,1-4H2,(H,11,12)(H,13,14). The van der Waals surface area contributed by atoms with E-state index < -0.39 is 44.3 Å². The van der Waals surface area contributed by atoms with Crippen molar-refractivity contribution >= 4 is 11.9 Å². The number of nitrogens with zero attached hydrogens (tertiary/aromatic N) is 1. The lowest BCUT2D eigenvalue weighted by Crippen LogP contribution is -2.46. The summed E-state index contributed by atoms with van der Waals surface area (Å²) in [6.07, 6.45) is 0. The summed E-state index contributed by atoms with van der Waals surface area (Å²) in [5.41, 5.74) is 0. The maximum atomic E-state index is 10.3. The summed E-state index contributed by atoms with van der Waals surface area (Å²) in [7, 11) is 0. The molecular formula is C7H13NO6. The Balaban J connectivity index is 4.35. The number of carbonyl (C=O) groups is 2. The second kappa shape index (κ2) is 6.30. The Morgan fingerprint density at radius 2 is 1.36 bits per heavy atom. The Hall–Kier alpha value is -1.18. The van der Waals surface area contributed by atoms with Crippen molar-refractivity contribution in [2.75, 3.05) is 26.3 Å². The third-order valence-corrected chi connectivity index (χ3v) is 1.61. The molecule has 0 aliphatic carbocycles. The zero-order valence-corrected chi connectivity index (χ0v) is 7.46. The maximum Gasteiger partial charge on any atom is 0.317 e. The molecule has 0 spiro atoms. The Morgan fingerprint density at radius 1 is 1.00 bits per heavy atom. The van der Waals surface area contributed by atoms with Crippen LogP contribution in [0.4, 0.5) is 0 Å². The predicted octanol–water partition coefficient (Wildman–Crippen LogP) is -2.19. The van der Waals surface area contributed by atoms with Gasteiger partial charge in [0.15, 0.2) is 0 Å². The molecule has 0 aromatic rings. The van der Waals surface area contributed by atoms with E-state index in [-0.39, 0.29) is 0 Å². The molecule has 0 unspecified atom stereocenters. The Bertz CT molecular complexity index is 186. The number of aliphatic carboxylic acids is 2. The van der Waals surface area contributed by atoms with Gasteiger partial charge in [-0.15, -0.1) is 0 Å². The summed E-state index contributed by atoms with van der Waals surface area (Å²) in [4.78, 5) is 21.6. The van der Waals surface area contributed by atoms with Crippen LogP contribution in [0.15, 0.2) is 0 Å². The van der Waals surface area contributed by atoms with Crippen molar-refractivity contribution in [3.63, 3.8) is 0 Å². The monoisotopic (exact) mass is 207 g/mol. The SMILES string of the molecule is O=C(O)CN(CC(=O)O)C(CO)CO. The predicted molar refractivity (Wildman–Crippen MR) is 44.8 cm³/mol. The summed E-state index contributed by atoms with van der Waals surface area (Å²) in [6.45, 7) is -2.04. The minimum atomic E-state index is -1.21. The third kappa shape index (κ3) is 4.75. The number of carboxylic acids is 2. The van der Waals surface area contributed by atoms with Crippen molar-refractivity contribution in [1.29, 1.82) is 0 Å². The van der Waals surface area contributed by atoms with Crippen LogP contribution in [-0.4, -0.2) is 69.6 Å². The first-order chi connectivity index (χ1) is 6.51. The van der Waals surface area contributed by atoms with Crippen LogP contribution in [-0.2, 0) is 9.59 Å². The van der Waals surface area contributed by atoms with E-state index in [1.54, 1.807) is 0 Å². The van der Waals surface area contributed by atoms with E-state index in [2.05, 4.69) is 0 Å². The number of aliphatic hydroxyl groups is 2. The maximum absolute atomic E-state index is 10.3. The summed E-state index contributed by atoms with van der Waals surface area (Å²) < 4.78 is 0. The van der Waals surface area contributed by atoms with Crippen LogP contribution in [0.25, 0.3) is 0 Å². The van der Waals surface area contributed by atoms with E-state index in [1.807, 2.05) is 0 Å². The fourth-order valence-electron chi connectivity index (χ4n) is 0.950. The fraction of sp³-hybridized carbons (Fsp3) is 0.714. The third-order valence-electron chi connectivity index (χ3n) is 1.61. The lowest BCUT2D eigenvalue weighted by atomic mass is 10.2. The van der Waals surface area contributed by atoms with Crippen LogP contribution < -0.4 is 0 Å². The van der Waals surface area contributed by atoms with Gasteiger partial charge in [-0.25, -0.2) is 0 Å². The highest BCUT2D eigenvalue weighted by molar-refractivity contribution is 5.72. The molecule has 0 aliphatic heterocycles. The average Bonchev–Trinajstić information content (AvgIpc) is 2.03. The Labute approximate surface area is 80.2 Å². The summed E-state index contributed by atoms with van der Waals surface area (Å²) in [6, 6.07) is -0.859. The molecule has 82 valence electrons. The summed E-state index contributed by atoms with van der Waals surface area (Å²) in [5.74, 6) is -2.42. The van der Waals surface area contributed by atoms with Gasteiger partial charge in [0.25, 0.3) is 0 Å². The molecule has 7 nitrogen and oxygen atoms in total. The Kier molecular flexibility index (Phi) is 5.77. The van der Waals surface area contributed by atoms with E-state index in [0.717, 1.165) is 4.90 Å². The van der Waals surface area contributed by atoms with Crippen molar-refractivity contribution in [3.05, 3.63) is 0 Å². The molecule has 0 amide bonds. The minimum absolute atomic E-state index is 0.489. The van der Waals surface area contributed by atoms with Crippen LogP contribution in [0.1, 0.15) is 0 Å². The van der Waals surface area contributed by atoms with Gasteiger partial charge in [0.2, 0.25) is 0 Å².